The SMILES string of the molecule is C[C@H](Cn1cncn1)C(=O)N1CCC2(CC1)C(=O)NCCCN2C. The van der Waals surface area contributed by atoms with Gasteiger partial charge in [-0.05, 0) is 26.3 Å². The summed E-state index contributed by atoms with van der Waals surface area (Å²) in [7, 11) is 2.02. The van der Waals surface area contributed by atoms with E-state index in [1.165, 1.54) is 6.33 Å². The Bertz CT molecular complexity index is 579. The van der Waals surface area contributed by atoms with Gasteiger partial charge in [-0.2, -0.15) is 5.10 Å². The second-order valence-corrected chi connectivity index (χ2v) is 6.91. The van der Waals surface area contributed by atoms with E-state index in [1.54, 1.807) is 11.0 Å². The van der Waals surface area contributed by atoms with Crippen LogP contribution in [-0.2, 0) is 16.1 Å². The van der Waals surface area contributed by atoms with Gasteiger partial charge in [-0.15, -0.1) is 0 Å². The van der Waals surface area contributed by atoms with Gasteiger partial charge >= 0.3 is 0 Å². The van der Waals surface area contributed by atoms with Crippen molar-refractivity contribution in [3.63, 3.8) is 0 Å². The molecular formula is C16H26N6O2. The zero-order valence-corrected chi connectivity index (χ0v) is 14.4. The Labute approximate surface area is 142 Å². The highest BCUT2D eigenvalue weighted by atomic mass is 16.2. The number of carbonyl (C=O) groups excluding carboxylic acids is 2. The summed E-state index contributed by atoms with van der Waals surface area (Å²) in [5.74, 6) is 0.0868. The molecule has 8 heteroatoms. The van der Waals surface area contributed by atoms with Gasteiger partial charge in [0.1, 0.15) is 18.2 Å². The molecule has 2 fully saturated rings. The largest absolute Gasteiger partial charge is 0.354 e. The van der Waals surface area contributed by atoms with Gasteiger partial charge in [0, 0.05) is 26.2 Å². The highest BCUT2D eigenvalue weighted by Crippen LogP contribution is 2.30. The summed E-state index contributed by atoms with van der Waals surface area (Å²) in [6.45, 7) is 5.34. The molecule has 2 aliphatic heterocycles. The van der Waals surface area contributed by atoms with Gasteiger partial charge in [-0.3, -0.25) is 19.2 Å². The van der Waals surface area contributed by atoms with Crippen molar-refractivity contribution in [1.82, 2.24) is 29.9 Å². The first-order chi connectivity index (χ1) is 11.5. The summed E-state index contributed by atoms with van der Waals surface area (Å²) < 4.78 is 1.68. The van der Waals surface area contributed by atoms with Gasteiger partial charge in [0.15, 0.2) is 0 Å². The molecule has 1 N–H and O–H groups in total. The summed E-state index contributed by atoms with van der Waals surface area (Å²) in [4.78, 5) is 33.2. The first-order valence-corrected chi connectivity index (χ1v) is 8.64. The lowest BCUT2D eigenvalue weighted by Gasteiger charge is -2.45. The molecule has 132 valence electrons. The standard InChI is InChI=1S/C16H26N6O2/c1-13(10-22-12-17-11-19-22)14(23)21-8-4-16(5-9-21)15(24)18-6-3-7-20(16)2/h11-13H,3-10H2,1-2H3,(H,18,24)/t13-/m1/s1. The van der Waals surface area contributed by atoms with Gasteiger partial charge < -0.3 is 10.2 Å². The van der Waals surface area contributed by atoms with E-state index < -0.39 is 5.54 Å². The number of amides is 2. The van der Waals surface area contributed by atoms with Gasteiger partial charge in [-0.1, -0.05) is 6.92 Å². The minimum Gasteiger partial charge on any atom is -0.354 e. The Hall–Kier alpha value is -1.96. The summed E-state index contributed by atoms with van der Waals surface area (Å²) in [5.41, 5.74) is -0.456. The van der Waals surface area contributed by atoms with Gasteiger partial charge in [-0.25, -0.2) is 4.98 Å². The maximum absolute atomic E-state index is 12.7. The molecule has 1 spiro atoms. The van der Waals surface area contributed by atoms with Crippen LogP contribution in [0.5, 0.6) is 0 Å². The molecule has 0 aromatic carbocycles. The Morgan fingerprint density at radius 1 is 1.38 bits per heavy atom. The molecule has 0 saturated carbocycles. The van der Waals surface area contributed by atoms with Crippen LogP contribution >= 0.6 is 0 Å². The molecule has 3 heterocycles. The molecule has 1 atom stereocenters. The second kappa shape index (κ2) is 6.88. The number of aromatic nitrogens is 3. The number of hydrogen-bond donors (Lipinski definition) is 1. The van der Waals surface area contributed by atoms with Crippen LogP contribution in [-0.4, -0.2) is 75.1 Å². The fourth-order valence-electron chi connectivity index (χ4n) is 3.77. The van der Waals surface area contributed by atoms with Gasteiger partial charge in [0.25, 0.3) is 0 Å². The van der Waals surface area contributed by atoms with Gasteiger partial charge in [0.05, 0.1) is 12.5 Å². The van der Waals surface area contributed by atoms with E-state index in [4.69, 9.17) is 0 Å². The smallest absolute Gasteiger partial charge is 0.240 e. The molecule has 0 bridgehead atoms. The summed E-state index contributed by atoms with van der Waals surface area (Å²) in [6, 6.07) is 0. The molecule has 3 rings (SSSR count). The number of nitrogens with zero attached hydrogens (tertiary/aromatic N) is 5. The van der Waals surface area contributed by atoms with Crippen molar-refractivity contribution in [3.8, 4) is 0 Å². The van der Waals surface area contributed by atoms with Crippen molar-refractivity contribution < 1.29 is 9.59 Å². The first-order valence-electron chi connectivity index (χ1n) is 8.64. The van der Waals surface area contributed by atoms with E-state index in [1.807, 2.05) is 18.9 Å². The highest BCUT2D eigenvalue weighted by molar-refractivity contribution is 5.87. The van der Waals surface area contributed by atoms with Crippen molar-refractivity contribution >= 4 is 11.8 Å². The van der Waals surface area contributed by atoms with Crippen LogP contribution in [0, 0.1) is 5.92 Å². The molecule has 24 heavy (non-hydrogen) atoms. The van der Waals surface area contributed by atoms with Crippen LogP contribution in [0.25, 0.3) is 0 Å². The summed E-state index contributed by atoms with van der Waals surface area (Å²) in [6.07, 6.45) is 5.46. The zero-order valence-electron chi connectivity index (χ0n) is 14.4. The molecule has 2 aliphatic rings. The fourth-order valence-corrected chi connectivity index (χ4v) is 3.77. The quantitative estimate of drug-likeness (QED) is 0.822. The number of nitrogens with one attached hydrogen (secondary N) is 1. The minimum absolute atomic E-state index is 0.116. The third-order valence-corrected chi connectivity index (χ3v) is 5.36. The van der Waals surface area contributed by atoms with E-state index in [0.29, 0.717) is 32.5 Å². The minimum atomic E-state index is -0.456. The van der Waals surface area contributed by atoms with Crippen LogP contribution in [0.4, 0.5) is 0 Å². The lowest BCUT2D eigenvalue weighted by Crippen LogP contribution is -2.61. The summed E-state index contributed by atoms with van der Waals surface area (Å²) >= 11 is 0. The Morgan fingerprint density at radius 3 is 2.79 bits per heavy atom. The number of carbonyl (C=O) groups is 2. The third-order valence-electron chi connectivity index (χ3n) is 5.36. The molecule has 0 radical (unpaired) electrons. The lowest BCUT2D eigenvalue weighted by atomic mass is 9.84. The summed E-state index contributed by atoms with van der Waals surface area (Å²) in [5, 5.41) is 7.09. The normalized spacial score (nSPS) is 22.9. The third kappa shape index (κ3) is 3.15. The Morgan fingerprint density at radius 2 is 2.12 bits per heavy atom. The average Bonchev–Trinajstić information content (AvgIpc) is 3.06. The molecule has 1 aromatic heterocycles. The van der Waals surface area contributed by atoms with Crippen molar-refractivity contribution in [2.75, 3.05) is 33.2 Å². The van der Waals surface area contributed by atoms with Crippen molar-refractivity contribution in [2.24, 2.45) is 5.92 Å². The van der Waals surface area contributed by atoms with E-state index >= 15 is 0 Å². The zero-order chi connectivity index (χ0) is 17.2. The predicted octanol–water partition coefficient (Wildman–Crippen LogP) is -0.273. The maximum atomic E-state index is 12.7. The molecule has 0 unspecified atom stereocenters. The van der Waals surface area contributed by atoms with Gasteiger partial charge in [0.2, 0.25) is 11.8 Å². The maximum Gasteiger partial charge on any atom is 0.240 e. The average molecular weight is 334 g/mol. The predicted molar refractivity (Wildman–Crippen MR) is 88.0 cm³/mol. The fraction of sp³-hybridized carbons (Fsp3) is 0.750. The van der Waals surface area contributed by atoms with Crippen LogP contribution in [0.3, 0.4) is 0 Å². The second-order valence-electron chi connectivity index (χ2n) is 6.91. The molecule has 0 aliphatic carbocycles. The number of hydrogen-bond acceptors (Lipinski definition) is 5. The highest BCUT2D eigenvalue weighted by Gasteiger charge is 2.46. The Kier molecular flexibility index (Phi) is 4.84. The van der Waals surface area contributed by atoms with E-state index in [2.05, 4.69) is 20.3 Å². The first kappa shape index (κ1) is 16.9. The number of piperidine rings is 1. The number of likely N-dealkylation sites (N-methyl/N-ethyl adjacent to an activating group) is 1. The van der Waals surface area contributed by atoms with Crippen molar-refractivity contribution in [2.45, 2.75) is 38.3 Å². The Balaban J connectivity index is 1.61. The molecule has 1 aromatic rings. The molecule has 8 nitrogen and oxygen atoms in total. The number of rotatable bonds is 3. The van der Waals surface area contributed by atoms with E-state index in [9.17, 15) is 9.59 Å². The van der Waals surface area contributed by atoms with Crippen LogP contribution < -0.4 is 5.32 Å². The van der Waals surface area contributed by atoms with Crippen LogP contribution in [0.15, 0.2) is 12.7 Å². The van der Waals surface area contributed by atoms with Crippen LogP contribution in [0.2, 0.25) is 0 Å². The van der Waals surface area contributed by atoms with E-state index in [-0.39, 0.29) is 17.7 Å². The lowest BCUT2D eigenvalue weighted by molar-refractivity contribution is -0.143. The molecule has 2 amide bonds. The van der Waals surface area contributed by atoms with E-state index in [0.717, 1.165) is 19.5 Å². The molecule has 2 saturated heterocycles. The van der Waals surface area contributed by atoms with Crippen molar-refractivity contribution in [3.05, 3.63) is 12.7 Å². The number of likely N-dealkylation sites (tertiary alicyclic amines) is 1. The monoisotopic (exact) mass is 334 g/mol. The topological polar surface area (TPSA) is 83.4 Å². The van der Waals surface area contributed by atoms with Crippen molar-refractivity contribution in [1.29, 1.82) is 0 Å². The van der Waals surface area contributed by atoms with Crippen LogP contribution in [0.1, 0.15) is 26.2 Å². The molecular weight excluding hydrogens is 308 g/mol.